The smallest absolute Gasteiger partial charge is 0.196 e. The zero-order valence-corrected chi connectivity index (χ0v) is 27.3. The maximum Gasteiger partial charge on any atom is 0.196 e. The minimum absolute atomic E-state index is 0.212. The monoisotopic (exact) mass is 640 g/mol. The number of nitrogens with one attached hydrogen (secondary N) is 1. The first-order valence-electron chi connectivity index (χ1n) is 17.1. The first-order valence-corrected chi connectivity index (χ1v) is 17.1. The number of benzene rings is 9. The van der Waals surface area contributed by atoms with Gasteiger partial charge in [0, 0.05) is 28.0 Å². The molecule has 0 fully saturated rings. The summed E-state index contributed by atoms with van der Waals surface area (Å²) in [5.41, 5.74) is 7.87. The molecule has 0 amide bonds. The van der Waals surface area contributed by atoms with E-state index in [1.807, 2.05) is 6.07 Å². The van der Waals surface area contributed by atoms with Gasteiger partial charge in [0.15, 0.2) is 6.23 Å². The molecule has 9 aromatic carbocycles. The molecule has 0 saturated heterocycles. The van der Waals surface area contributed by atoms with Crippen LogP contribution in [0.25, 0.3) is 54.2 Å². The second kappa shape index (κ2) is 11.5. The average molecular weight is 641 g/mol. The van der Waals surface area contributed by atoms with E-state index in [1.54, 1.807) is 0 Å². The molecule has 1 N–H and O–H groups in total. The highest BCUT2D eigenvalue weighted by molar-refractivity contribution is 6.16. The van der Waals surface area contributed by atoms with Crippen LogP contribution < -0.4 is 15.0 Å². The summed E-state index contributed by atoms with van der Waals surface area (Å²) in [6, 6.07) is 65.3. The predicted molar refractivity (Wildman–Crippen MR) is 210 cm³/mol. The van der Waals surface area contributed by atoms with Gasteiger partial charge in [-0.25, -0.2) is 0 Å². The van der Waals surface area contributed by atoms with Gasteiger partial charge in [-0.2, -0.15) is 0 Å². The van der Waals surface area contributed by atoms with Gasteiger partial charge in [-0.1, -0.05) is 133 Å². The molecule has 1 atom stereocenters. The molecular formula is C47H32N2O. The van der Waals surface area contributed by atoms with Crippen molar-refractivity contribution in [2.75, 3.05) is 10.2 Å². The molecule has 1 aliphatic heterocycles. The standard InChI is InChI=1S/C47H32N2O/c1-2-10-36(11-3-1)47-48-46-44(50-47)27-22-35-16-14-34-15-17-39(30-43(34)45(35)46)33-18-23-40(24-19-33)49(41-25-20-31-8-4-6-12-37(31)28-41)42-26-21-32-9-5-7-13-38(32)29-42/h1-30,47-48H. The van der Waals surface area contributed by atoms with Crippen molar-refractivity contribution < 1.29 is 4.74 Å². The fraction of sp³-hybridized carbons (Fsp3) is 0.0213. The Morgan fingerprint density at radius 1 is 0.420 bits per heavy atom. The van der Waals surface area contributed by atoms with E-state index < -0.39 is 0 Å². The molecule has 50 heavy (non-hydrogen) atoms. The van der Waals surface area contributed by atoms with Gasteiger partial charge >= 0.3 is 0 Å². The van der Waals surface area contributed by atoms with Crippen molar-refractivity contribution >= 4 is 65.8 Å². The fourth-order valence-electron chi connectivity index (χ4n) is 7.50. The Morgan fingerprint density at radius 2 is 0.960 bits per heavy atom. The molecule has 3 nitrogen and oxygen atoms in total. The third-order valence-corrected chi connectivity index (χ3v) is 10.0. The van der Waals surface area contributed by atoms with E-state index in [1.165, 1.54) is 54.2 Å². The van der Waals surface area contributed by atoms with E-state index >= 15 is 0 Å². The average Bonchev–Trinajstić information content (AvgIpc) is 3.63. The van der Waals surface area contributed by atoms with Crippen LogP contribution in [0, 0.1) is 0 Å². The molecule has 0 saturated carbocycles. The highest BCUT2D eigenvalue weighted by Gasteiger charge is 2.26. The van der Waals surface area contributed by atoms with Crippen molar-refractivity contribution in [2.24, 2.45) is 0 Å². The quantitative estimate of drug-likeness (QED) is 0.189. The van der Waals surface area contributed by atoms with Crippen molar-refractivity contribution in [2.45, 2.75) is 6.23 Å². The molecule has 1 aliphatic rings. The van der Waals surface area contributed by atoms with Crippen molar-refractivity contribution in [1.82, 2.24) is 0 Å². The summed E-state index contributed by atoms with van der Waals surface area (Å²) < 4.78 is 6.40. The van der Waals surface area contributed by atoms with Gasteiger partial charge in [0.1, 0.15) is 5.75 Å². The summed E-state index contributed by atoms with van der Waals surface area (Å²) in [4.78, 5) is 2.36. The SMILES string of the molecule is c1ccc(C2Nc3c(ccc4ccc5ccc(-c6ccc(N(c7ccc8ccccc8c7)c7ccc8ccccc8c7)cc6)cc5c34)O2)cc1. The summed E-state index contributed by atoms with van der Waals surface area (Å²) in [7, 11) is 0. The Bertz CT molecular complexity index is 2640. The molecule has 0 aliphatic carbocycles. The van der Waals surface area contributed by atoms with Gasteiger partial charge in [0.25, 0.3) is 0 Å². The minimum atomic E-state index is -0.212. The molecule has 10 rings (SSSR count). The largest absolute Gasteiger partial charge is 0.464 e. The number of anilines is 4. The van der Waals surface area contributed by atoms with Crippen molar-refractivity contribution in [3.8, 4) is 16.9 Å². The first-order chi connectivity index (χ1) is 24.7. The number of fused-ring (bicyclic) bond motifs is 7. The number of nitrogens with zero attached hydrogens (tertiary/aromatic N) is 1. The maximum atomic E-state index is 6.40. The van der Waals surface area contributed by atoms with Crippen LogP contribution in [-0.2, 0) is 0 Å². The van der Waals surface area contributed by atoms with Gasteiger partial charge in [-0.3, -0.25) is 0 Å². The van der Waals surface area contributed by atoms with E-state index in [2.05, 4.69) is 186 Å². The minimum Gasteiger partial charge on any atom is -0.464 e. The third kappa shape index (κ3) is 4.83. The zero-order chi connectivity index (χ0) is 33.0. The molecule has 0 bridgehead atoms. The second-order valence-corrected chi connectivity index (χ2v) is 13.0. The zero-order valence-electron chi connectivity index (χ0n) is 27.3. The molecule has 0 aromatic heterocycles. The lowest BCUT2D eigenvalue weighted by Gasteiger charge is -2.26. The van der Waals surface area contributed by atoms with Crippen LogP contribution in [-0.4, -0.2) is 0 Å². The van der Waals surface area contributed by atoms with Crippen LogP contribution in [0.5, 0.6) is 5.75 Å². The molecule has 0 spiro atoms. The molecule has 3 heteroatoms. The Labute approximate surface area is 290 Å². The highest BCUT2D eigenvalue weighted by Crippen LogP contribution is 2.46. The summed E-state index contributed by atoms with van der Waals surface area (Å²) >= 11 is 0. The Balaban J connectivity index is 1.06. The third-order valence-electron chi connectivity index (χ3n) is 10.0. The topological polar surface area (TPSA) is 24.5 Å². The van der Waals surface area contributed by atoms with Crippen LogP contribution in [0.4, 0.5) is 22.7 Å². The first kappa shape index (κ1) is 28.4. The molecule has 0 radical (unpaired) electrons. The highest BCUT2D eigenvalue weighted by atomic mass is 16.5. The Morgan fingerprint density at radius 3 is 1.66 bits per heavy atom. The number of hydrogen-bond acceptors (Lipinski definition) is 3. The van der Waals surface area contributed by atoms with Crippen molar-refractivity contribution in [1.29, 1.82) is 0 Å². The van der Waals surface area contributed by atoms with Crippen molar-refractivity contribution in [3.05, 3.63) is 188 Å². The van der Waals surface area contributed by atoms with Crippen LogP contribution in [0.3, 0.4) is 0 Å². The van der Waals surface area contributed by atoms with Crippen LogP contribution >= 0.6 is 0 Å². The number of ether oxygens (including phenoxy) is 1. The Kier molecular flexibility index (Phi) is 6.56. The lowest BCUT2D eigenvalue weighted by atomic mass is 9.96. The number of rotatable bonds is 5. The van der Waals surface area contributed by atoms with E-state index in [4.69, 9.17) is 4.74 Å². The molecule has 9 aromatic rings. The van der Waals surface area contributed by atoms with Gasteiger partial charge < -0.3 is 15.0 Å². The lowest BCUT2D eigenvalue weighted by Crippen LogP contribution is -2.09. The van der Waals surface area contributed by atoms with Crippen LogP contribution in [0.15, 0.2) is 182 Å². The molecule has 236 valence electrons. The lowest BCUT2D eigenvalue weighted by molar-refractivity contribution is 0.260. The van der Waals surface area contributed by atoms with Gasteiger partial charge in [-0.15, -0.1) is 0 Å². The molecule has 1 heterocycles. The molecule has 1 unspecified atom stereocenters. The summed E-state index contributed by atoms with van der Waals surface area (Å²) in [5, 5.41) is 13.4. The van der Waals surface area contributed by atoms with E-state index in [9.17, 15) is 0 Å². The predicted octanol–water partition coefficient (Wildman–Crippen LogP) is 12.9. The fourth-order valence-corrected chi connectivity index (χ4v) is 7.50. The van der Waals surface area contributed by atoms with Crippen LogP contribution in [0.2, 0.25) is 0 Å². The van der Waals surface area contributed by atoms with Crippen molar-refractivity contribution in [3.63, 3.8) is 0 Å². The second-order valence-electron chi connectivity index (χ2n) is 13.0. The van der Waals surface area contributed by atoms with E-state index in [0.29, 0.717) is 0 Å². The maximum absolute atomic E-state index is 6.40. The van der Waals surface area contributed by atoms with Gasteiger partial charge in [0.05, 0.1) is 5.69 Å². The Hall–Kier alpha value is -6.58. The van der Waals surface area contributed by atoms with Crippen LogP contribution in [0.1, 0.15) is 11.8 Å². The summed E-state index contributed by atoms with van der Waals surface area (Å²) in [5.74, 6) is 0.885. The number of hydrogen-bond donors (Lipinski definition) is 1. The van der Waals surface area contributed by atoms with E-state index in [-0.39, 0.29) is 6.23 Å². The normalized spacial score (nSPS) is 13.7. The summed E-state index contributed by atoms with van der Waals surface area (Å²) in [6.07, 6.45) is -0.212. The summed E-state index contributed by atoms with van der Waals surface area (Å²) in [6.45, 7) is 0. The van der Waals surface area contributed by atoms with E-state index in [0.717, 1.165) is 34.1 Å². The molecular weight excluding hydrogens is 609 g/mol. The van der Waals surface area contributed by atoms with Gasteiger partial charge in [-0.05, 0) is 97.4 Å². The van der Waals surface area contributed by atoms with Gasteiger partial charge in [0.2, 0.25) is 0 Å².